The van der Waals surface area contributed by atoms with Crippen LogP contribution in [0.2, 0.25) is 0 Å². The van der Waals surface area contributed by atoms with E-state index in [0.717, 1.165) is 30.4 Å². The number of aryl methyl sites for hydroxylation is 1. The van der Waals surface area contributed by atoms with Crippen LogP contribution in [-0.2, 0) is 25.6 Å². The van der Waals surface area contributed by atoms with E-state index in [-0.39, 0.29) is 19.4 Å². The summed E-state index contributed by atoms with van der Waals surface area (Å²) < 4.78 is 0. The summed E-state index contributed by atoms with van der Waals surface area (Å²) in [4.78, 5) is 65.3. The largest absolute Gasteiger partial charge is 0.490 e. The van der Waals surface area contributed by atoms with E-state index < -0.39 is 73.1 Å². The van der Waals surface area contributed by atoms with Crippen molar-refractivity contribution in [2.45, 2.75) is 102 Å². The van der Waals surface area contributed by atoms with Crippen molar-refractivity contribution >= 4 is 36.7 Å². The van der Waals surface area contributed by atoms with Gasteiger partial charge in [-0.05, 0) is 93.8 Å². The van der Waals surface area contributed by atoms with Gasteiger partial charge >= 0.3 is 7.12 Å². The van der Waals surface area contributed by atoms with Crippen LogP contribution >= 0.6 is 0 Å². The van der Waals surface area contributed by atoms with E-state index in [1.165, 1.54) is 12.5 Å². The van der Waals surface area contributed by atoms with Crippen molar-refractivity contribution in [2.75, 3.05) is 13.1 Å². The van der Waals surface area contributed by atoms with E-state index in [1.807, 2.05) is 12.1 Å². The summed E-state index contributed by atoms with van der Waals surface area (Å²) in [5.41, 5.74) is 26.0. The van der Waals surface area contributed by atoms with Gasteiger partial charge in [-0.25, -0.2) is 0 Å². The highest BCUT2D eigenvalue weighted by molar-refractivity contribution is 6.43. The van der Waals surface area contributed by atoms with Gasteiger partial charge in [-0.15, -0.1) is 0 Å². The van der Waals surface area contributed by atoms with Gasteiger partial charge in [0.2, 0.25) is 17.7 Å². The standard InChI is InChI=1S/C35H56BN9O8/c1-3-4-8-22-11-13-23(14-12-22)24-15-17-25(18-16-24)30(47)41-27(10-7-20-38)31(48)43-28(21(2)46)33(50)44-29(39)34(51)42-26(9-5-6-19-37)32(49)45-35(40)36(52)53/h11-18,21,26-29,35,46,52-53H,3-10,19-20,37-40H2,1-2H3,(H,41,47)(H,42,51)(H,43,48)(H,44,50)(H,45,49)/t21?,26-,27-,28-,29+,35+/m0/s1. The fourth-order valence-electron chi connectivity index (χ4n) is 5.22. The Labute approximate surface area is 310 Å². The minimum Gasteiger partial charge on any atom is -0.425 e. The molecule has 0 bridgehead atoms. The van der Waals surface area contributed by atoms with Crippen molar-refractivity contribution in [3.05, 3.63) is 59.7 Å². The van der Waals surface area contributed by atoms with Gasteiger partial charge in [-0.3, -0.25) is 24.0 Å². The average Bonchev–Trinajstić information content (AvgIpc) is 3.13. The quantitative estimate of drug-likeness (QED) is 0.0329. The van der Waals surface area contributed by atoms with Crippen molar-refractivity contribution in [1.29, 1.82) is 0 Å². The van der Waals surface area contributed by atoms with Crippen LogP contribution in [-0.4, -0.2) is 101 Å². The molecule has 0 fully saturated rings. The minimum atomic E-state index is -2.06. The van der Waals surface area contributed by atoms with Crippen LogP contribution in [0.5, 0.6) is 0 Å². The van der Waals surface area contributed by atoms with Gasteiger partial charge in [0.25, 0.3) is 11.8 Å². The molecule has 0 saturated heterocycles. The second-order valence-corrected chi connectivity index (χ2v) is 12.8. The number of nitrogens with one attached hydrogen (secondary N) is 5. The van der Waals surface area contributed by atoms with Gasteiger partial charge in [0.15, 0.2) is 6.17 Å². The summed E-state index contributed by atoms with van der Waals surface area (Å²) in [6, 6.07) is 9.64. The van der Waals surface area contributed by atoms with Gasteiger partial charge in [0.05, 0.1) is 6.10 Å². The lowest BCUT2D eigenvalue weighted by Gasteiger charge is -2.26. The lowest BCUT2D eigenvalue weighted by Crippen LogP contribution is -2.63. The Morgan fingerprint density at radius 3 is 1.77 bits per heavy atom. The molecule has 0 aromatic heterocycles. The second-order valence-electron chi connectivity index (χ2n) is 12.8. The van der Waals surface area contributed by atoms with Crippen LogP contribution in [0.1, 0.15) is 74.7 Å². The number of rotatable bonds is 23. The van der Waals surface area contributed by atoms with E-state index in [1.54, 1.807) is 24.3 Å². The lowest BCUT2D eigenvalue weighted by atomic mass is 9.86. The molecule has 53 heavy (non-hydrogen) atoms. The number of aliphatic hydroxyl groups is 1. The van der Waals surface area contributed by atoms with Crippen LogP contribution in [0.25, 0.3) is 11.1 Å². The molecule has 0 spiro atoms. The molecule has 5 amide bonds. The fraction of sp³-hybridized carbons (Fsp3) is 0.514. The number of hydrogen-bond acceptors (Lipinski definition) is 12. The third kappa shape index (κ3) is 15.2. The molecule has 2 aromatic rings. The van der Waals surface area contributed by atoms with Gasteiger partial charge in [-0.1, -0.05) is 49.7 Å². The zero-order valence-electron chi connectivity index (χ0n) is 30.4. The van der Waals surface area contributed by atoms with Gasteiger partial charge < -0.3 is 64.7 Å². The zero-order chi connectivity index (χ0) is 39.5. The van der Waals surface area contributed by atoms with Crippen LogP contribution in [0.15, 0.2) is 48.5 Å². The van der Waals surface area contributed by atoms with Gasteiger partial charge in [0.1, 0.15) is 24.2 Å². The van der Waals surface area contributed by atoms with Crippen molar-refractivity contribution in [2.24, 2.45) is 22.9 Å². The number of carbonyl (C=O) groups excluding carboxylic acids is 5. The first-order chi connectivity index (χ1) is 25.2. The number of unbranched alkanes of at least 4 members (excludes halogenated alkanes) is 2. The van der Waals surface area contributed by atoms with Gasteiger partial charge in [0, 0.05) is 5.56 Å². The number of aliphatic hydroxyl groups excluding tert-OH is 1. The number of nitrogens with two attached hydrogens (primary N) is 4. The van der Waals surface area contributed by atoms with E-state index >= 15 is 0 Å². The third-order valence-electron chi connectivity index (χ3n) is 8.42. The van der Waals surface area contributed by atoms with E-state index in [0.29, 0.717) is 31.4 Å². The Morgan fingerprint density at radius 1 is 0.679 bits per heavy atom. The Hall–Kier alpha value is -4.43. The van der Waals surface area contributed by atoms with Crippen LogP contribution in [0.3, 0.4) is 0 Å². The minimum absolute atomic E-state index is 0.0864. The first kappa shape index (κ1) is 44.7. The normalized spacial score (nSPS) is 14.4. The van der Waals surface area contributed by atoms with Crippen LogP contribution in [0.4, 0.5) is 0 Å². The molecule has 292 valence electrons. The molecule has 0 aliphatic heterocycles. The summed E-state index contributed by atoms with van der Waals surface area (Å²) in [7, 11) is -2.06. The molecule has 0 radical (unpaired) electrons. The Bertz CT molecular complexity index is 1460. The molecule has 17 nitrogen and oxygen atoms in total. The summed E-state index contributed by atoms with van der Waals surface area (Å²) in [5, 5.41) is 40.6. The van der Waals surface area contributed by atoms with Crippen LogP contribution in [0, 0.1) is 0 Å². The maximum absolute atomic E-state index is 13.4. The molecular weight excluding hydrogens is 685 g/mol. The third-order valence-corrected chi connectivity index (χ3v) is 8.42. The van der Waals surface area contributed by atoms with E-state index in [2.05, 4.69) is 45.6 Å². The molecule has 2 rings (SSSR count). The van der Waals surface area contributed by atoms with Crippen molar-refractivity contribution in [3.63, 3.8) is 0 Å². The molecule has 16 N–H and O–H groups in total. The molecule has 6 atom stereocenters. The van der Waals surface area contributed by atoms with Crippen LogP contribution < -0.4 is 49.5 Å². The fourth-order valence-corrected chi connectivity index (χ4v) is 5.22. The van der Waals surface area contributed by atoms with Gasteiger partial charge in [-0.2, -0.15) is 0 Å². The molecule has 2 aromatic carbocycles. The SMILES string of the molecule is CCCCc1ccc(-c2ccc(C(=O)N[C@@H](CCCN)C(=O)N[C@H](C(=O)N[C@@H](N)C(=O)N[C@@H](CCCCN)C(=O)N[C@@H](N)B(O)O)C(C)O)cc2)cc1. The second kappa shape index (κ2) is 23.3. The molecule has 0 aliphatic rings. The van der Waals surface area contributed by atoms with E-state index in [9.17, 15) is 39.1 Å². The predicted molar refractivity (Wildman–Crippen MR) is 201 cm³/mol. The molecule has 0 saturated carbocycles. The Morgan fingerprint density at radius 2 is 1.23 bits per heavy atom. The summed E-state index contributed by atoms with van der Waals surface area (Å²) in [6.07, 6.45) is 1.52. The topological polar surface area (TPSA) is 310 Å². The monoisotopic (exact) mass is 741 g/mol. The Kier molecular flexibility index (Phi) is 19.7. The lowest BCUT2D eigenvalue weighted by molar-refractivity contribution is -0.135. The number of amides is 5. The molecule has 0 aliphatic carbocycles. The highest BCUT2D eigenvalue weighted by Gasteiger charge is 2.33. The molecule has 0 heterocycles. The summed E-state index contributed by atoms with van der Waals surface area (Å²) >= 11 is 0. The highest BCUT2D eigenvalue weighted by Crippen LogP contribution is 2.21. The summed E-state index contributed by atoms with van der Waals surface area (Å²) in [5.74, 6) is -4.19. The smallest absolute Gasteiger partial charge is 0.425 e. The maximum Gasteiger partial charge on any atom is 0.490 e. The number of carbonyl (C=O) groups is 5. The predicted octanol–water partition coefficient (Wildman–Crippen LogP) is -2.17. The van der Waals surface area contributed by atoms with E-state index in [4.69, 9.17) is 22.9 Å². The molecule has 1 unspecified atom stereocenters. The van der Waals surface area contributed by atoms with Crippen molar-refractivity contribution in [1.82, 2.24) is 26.6 Å². The molecular formula is C35H56BN9O8. The highest BCUT2D eigenvalue weighted by atomic mass is 16.4. The summed E-state index contributed by atoms with van der Waals surface area (Å²) in [6.45, 7) is 3.92. The zero-order valence-corrected chi connectivity index (χ0v) is 30.4. The number of benzene rings is 2. The first-order valence-electron chi connectivity index (χ1n) is 17.9. The maximum atomic E-state index is 13.4. The number of hydrogen-bond donors (Lipinski definition) is 12. The molecule has 18 heteroatoms. The van der Waals surface area contributed by atoms with Crippen molar-refractivity contribution < 1.29 is 39.1 Å². The van der Waals surface area contributed by atoms with Crippen molar-refractivity contribution in [3.8, 4) is 11.1 Å². The Balaban J connectivity index is 2.09. The average molecular weight is 742 g/mol. The first-order valence-corrected chi connectivity index (χ1v) is 17.9.